The van der Waals surface area contributed by atoms with E-state index in [9.17, 15) is 9.59 Å². The molecule has 0 aliphatic heterocycles. The number of aliphatic hydroxyl groups is 2. The summed E-state index contributed by atoms with van der Waals surface area (Å²) < 4.78 is 0. The Bertz CT molecular complexity index is 437. The summed E-state index contributed by atoms with van der Waals surface area (Å²) in [6.45, 7) is -0.0939. The van der Waals surface area contributed by atoms with Gasteiger partial charge in [0.25, 0.3) is 0 Å². The van der Waals surface area contributed by atoms with Crippen molar-refractivity contribution >= 4 is 35.1 Å². The highest BCUT2D eigenvalue weighted by molar-refractivity contribution is 8.04. The predicted octanol–water partition coefficient (Wildman–Crippen LogP) is -0.0231. The first kappa shape index (κ1) is 14.6. The van der Waals surface area contributed by atoms with Crippen LogP contribution in [0, 0.1) is 0 Å². The van der Waals surface area contributed by atoms with Gasteiger partial charge in [0.2, 0.25) is 0 Å². The number of aromatic amines is 1. The zero-order chi connectivity index (χ0) is 13.8. The van der Waals surface area contributed by atoms with Crippen LogP contribution in [0.3, 0.4) is 0 Å². The zero-order valence-corrected chi connectivity index (χ0v) is 11.7. The van der Waals surface area contributed by atoms with Crippen LogP contribution in [0.4, 0.5) is 0 Å². The molecule has 1 aromatic rings. The summed E-state index contributed by atoms with van der Waals surface area (Å²) in [6, 6.07) is 0. The van der Waals surface area contributed by atoms with Gasteiger partial charge in [-0.2, -0.15) is 0 Å². The van der Waals surface area contributed by atoms with Crippen LogP contribution in [0.5, 0.6) is 0 Å². The van der Waals surface area contributed by atoms with Gasteiger partial charge in [-0.25, -0.2) is 4.98 Å². The van der Waals surface area contributed by atoms with Crippen molar-refractivity contribution in [1.29, 1.82) is 0 Å². The molecular weight excluding hydrogens is 288 g/mol. The second-order valence-electron chi connectivity index (χ2n) is 3.88. The highest BCUT2D eigenvalue weighted by atomic mass is 32.2. The molecule has 0 saturated heterocycles. The Morgan fingerprint density at radius 1 is 1.11 bits per heavy atom. The van der Waals surface area contributed by atoms with Crippen molar-refractivity contribution in [3.8, 4) is 0 Å². The number of ketones is 2. The van der Waals surface area contributed by atoms with E-state index in [1.54, 1.807) is 0 Å². The summed E-state index contributed by atoms with van der Waals surface area (Å²) in [5.41, 5.74) is 0.433. The van der Waals surface area contributed by atoms with Gasteiger partial charge in [-0.15, -0.1) is 23.5 Å². The number of hydrogen-bond donors (Lipinski definition) is 3. The minimum absolute atomic E-state index is 0.0458. The molecule has 0 bridgehead atoms. The fourth-order valence-corrected chi connectivity index (χ4v) is 4.23. The fraction of sp³-hybridized carbons (Fsp3) is 0.545. The molecule has 0 radical (unpaired) electrons. The van der Waals surface area contributed by atoms with E-state index in [-0.39, 0.29) is 36.2 Å². The fourth-order valence-electron chi connectivity index (χ4n) is 1.91. The number of H-pyrrole nitrogens is 1. The first-order valence-electron chi connectivity index (χ1n) is 5.77. The Balaban J connectivity index is 2.27. The number of carbonyl (C=O) groups excluding carboxylic acids is 2. The summed E-state index contributed by atoms with van der Waals surface area (Å²) >= 11 is 2.52. The van der Waals surface area contributed by atoms with Gasteiger partial charge in [0, 0.05) is 11.5 Å². The van der Waals surface area contributed by atoms with Gasteiger partial charge in [0.1, 0.15) is 11.4 Å². The highest BCUT2D eigenvalue weighted by Gasteiger charge is 2.43. The molecule has 1 aromatic heterocycles. The van der Waals surface area contributed by atoms with Crippen molar-refractivity contribution in [2.24, 2.45) is 0 Å². The maximum Gasteiger partial charge on any atom is 0.198 e. The van der Waals surface area contributed by atoms with E-state index in [0.29, 0.717) is 11.5 Å². The maximum atomic E-state index is 12.3. The lowest BCUT2D eigenvalue weighted by molar-refractivity contribution is 0.0898. The van der Waals surface area contributed by atoms with Crippen LogP contribution in [-0.2, 0) is 0 Å². The molecule has 3 N–H and O–H groups in total. The summed E-state index contributed by atoms with van der Waals surface area (Å²) in [6.07, 6.45) is 1.34. The van der Waals surface area contributed by atoms with Gasteiger partial charge < -0.3 is 15.2 Å². The van der Waals surface area contributed by atoms with Crippen molar-refractivity contribution in [3.63, 3.8) is 0 Å². The second-order valence-corrected chi connectivity index (χ2v) is 6.38. The summed E-state index contributed by atoms with van der Waals surface area (Å²) in [5.74, 6) is 0.425. The smallest absolute Gasteiger partial charge is 0.198 e. The predicted molar refractivity (Wildman–Crippen MR) is 73.9 cm³/mol. The van der Waals surface area contributed by atoms with E-state index in [0.717, 1.165) is 0 Å². The first-order valence-corrected chi connectivity index (χ1v) is 7.87. The average Bonchev–Trinajstić information content (AvgIpc) is 2.90. The molecule has 8 heteroatoms. The quantitative estimate of drug-likeness (QED) is 0.678. The second kappa shape index (κ2) is 6.56. The number of imidazole rings is 1. The third-order valence-corrected chi connectivity index (χ3v) is 5.39. The number of aliphatic hydroxyl groups excluding tert-OH is 2. The summed E-state index contributed by atoms with van der Waals surface area (Å²) in [5, 5.41) is 16.7. The van der Waals surface area contributed by atoms with Crippen molar-refractivity contribution < 1.29 is 19.8 Å². The highest BCUT2D eigenvalue weighted by Crippen LogP contribution is 2.34. The number of nitrogens with one attached hydrogen (secondary N) is 1. The van der Waals surface area contributed by atoms with Crippen LogP contribution in [-0.4, -0.2) is 67.0 Å². The topological polar surface area (TPSA) is 103 Å². The minimum Gasteiger partial charge on any atom is -0.396 e. The zero-order valence-electron chi connectivity index (χ0n) is 10.0. The number of nitrogens with zero attached hydrogens (tertiary/aromatic N) is 1. The lowest BCUT2D eigenvalue weighted by Gasteiger charge is -2.27. The van der Waals surface area contributed by atoms with Crippen LogP contribution >= 0.6 is 23.5 Å². The molecule has 19 heavy (non-hydrogen) atoms. The molecule has 6 nitrogen and oxygen atoms in total. The number of carbonyl (C=O) groups is 2. The maximum absolute atomic E-state index is 12.3. The monoisotopic (exact) mass is 302 g/mol. The molecule has 1 aliphatic carbocycles. The number of thioether (sulfide) groups is 2. The molecule has 2 rings (SSSR count). The Hall–Kier alpha value is -0.830. The van der Waals surface area contributed by atoms with Gasteiger partial charge >= 0.3 is 0 Å². The molecule has 0 fully saturated rings. The largest absolute Gasteiger partial charge is 0.396 e. The van der Waals surface area contributed by atoms with E-state index >= 15 is 0 Å². The van der Waals surface area contributed by atoms with E-state index in [2.05, 4.69) is 9.97 Å². The van der Waals surface area contributed by atoms with Crippen LogP contribution < -0.4 is 0 Å². The standard InChI is InChI=1S/C11H14N2O4S2/c14-1-3-18-10-8(16)6-7(13-5-12-6)9(17)11(10)19-4-2-15/h5,10-11,14-15H,1-4H2,(H,12,13). The van der Waals surface area contributed by atoms with Crippen molar-refractivity contribution in [1.82, 2.24) is 9.97 Å². The molecule has 0 amide bonds. The molecular formula is C11H14N2O4S2. The van der Waals surface area contributed by atoms with Crippen LogP contribution in [0.2, 0.25) is 0 Å². The van der Waals surface area contributed by atoms with Crippen molar-refractivity contribution in [2.45, 2.75) is 10.5 Å². The van der Waals surface area contributed by atoms with Gasteiger partial charge in [-0.1, -0.05) is 0 Å². The van der Waals surface area contributed by atoms with E-state index < -0.39 is 10.5 Å². The van der Waals surface area contributed by atoms with Gasteiger partial charge in [0.15, 0.2) is 11.6 Å². The molecule has 104 valence electrons. The molecule has 1 aliphatic rings. The van der Waals surface area contributed by atoms with Gasteiger partial charge in [-0.3, -0.25) is 9.59 Å². The van der Waals surface area contributed by atoms with E-state index in [4.69, 9.17) is 10.2 Å². The van der Waals surface area contributed by atoms with Crippen LogP contribution in [0.15, 0.2) is 6.33 Å². The summed E-state index contributed by atoms with van der Waals surface area (Å²) in [4.78, 5) is 31.2. The summed E-state index contributed by atoms with van der Waals surface area (Å²) in [7, 11) is 0. The molecule has 0 aromatic carbocycles. The molecule has 2 atom stereocenters. The lowest BCUT2D eigenvalue weighted by Crippen LogP contribution is -2.42. The third-order valence-electron chi connectivity index (χ3n) is 2.69. The Morgan fingerprint density at radius 2 is 1.68 bits per heavy atom. The first-order chi connectivity index (χ1) is 9.20. The number of rotatable bonds is 6. The van der Waals surface area contributed by atoms with E-state index in [1.807, 2.05) is 0 Å². The molecule has 1 heterocycles. The minimum atomic E-state index is -0.549. The Morgan fingerprint density at radius 3 is 2.26 bits per heavy atom. The SMILES string of the molecule is O=C1c2nc[nH]c2C(=O)C(SCCO)C1SCCO. The number of aromatic nitrogens is 2. The number of Topliss-reactive ketones (excluding diaryl/α,β-unsaturated/α-hetero) is 2. The number of hydrogen-bond acceptors (Lipinski definition) is 7. The van der Waals surface area contributed by atoms with Crippen LogP contribution in [0.1, 0.15) is 21.0 Å². The van der Waals surface area contributed by atoms with E-state index in [1.165, 1.54) is 29.9 Å². The normalized spacial score (nSPS) is 22.6. The Labute approximate surface area is 118 Å². The van der Waals surface area contributed by atoms with Gasteiger partial charge in [0.05, 0.1) is 30.0 Å². The van der Waals surface area contributed by atoms with Crippen molar-refractivity contribution in [3.05, 3.63) is 17.7 Å². The van der Waals surface area contributed by atoms with Crippen molar-refractivity contribution in [2.75, 3.05) is 24.7 Å². The van der Waals surface area contributed by atoms with Gasteiger partial charge in [-0.05, 0) is 0 Å². The van der Waals surface area contributed by atoms with Crippen LogP contribution in [0.25, 0.3) is 0 Å². The molecule has 0 saturated carbocycles. The third kappa shape index (κ3) is 2.86. The molecule has 0 spiro atoms. The average molecular weight is 302 g/mol. The molecule has 2 unspecified atom stereocenters. The Kier molecular flexibility index (Phi) is 5.03. The number of fused-ring (bicyclic) bond motifs is 1. The lowest BCUT2D eigenvalue weighted by atomic mass is 9.97.